The molecule has 1 N–H and O–H groups in total. The fraction of sp³-hybridized carbons (Fsp3) is 0.375. The first kappa shape index (κ1) is 32.2. The summed E-state index contributed by atoms with van der Waals surface area (Å²) in [5.41, 5.74) is 3.30. The largest absolute Gasteiger partial charge is 0.354 e. The van der Waals surface area contributed by atoms with Crippen molar-refractivity contribution in [3.8, 4) is 0 Å². The molecule has 0 heterocycles. The second-order valence-electron chi connectivity index (χ2n) is 10.3. The molecule has 0 saturated carbocycles. The molecule has 2 amide bonds. The average Bonchev–Trinajstić information content (AvgIpc) is 2.94. The Bertz CT molecular complexity index is 1380. The predicted octanol–water partition coefficient (Wildman–Crippen LogP) is 5.75. The molecule has 3 aromatic carbocycles. The Morgan fingerprint density at radius 1 is 0.927 bits per heavy atom. The summed E-state index contributed by atoms with van der Waals surface area (Å²) >= 11 is 6.10. The molecule has 0 radical (unpaired) electrons. The summed E-state index contributed by atoms with van der Waals surface area (Å²) in [5.74, 6) is -0.425. The monoisotopic (exact) mass is 597 g/mol. The molecule has 1 atom stereocenters. The number of nitrogens with zero attached hydrogens (tertiary/aromatic N) is 2. The number of halogens is 1. The van der Waals surface area contributed by atoms with Crippen molar-refractivity contribution < 1.29 is 18.0 Å². The third-order valence-electron chi connectivity index (χ3n) is 6.81. The highest BCUT2D eigenvalue weighted by Gasteiger charge is 2.30. The van der Waals surface area contributed by atoms with Crippen LogP contribution in [0.3, 0.4) is 0 Å². The first-order valence-corrected chi connectivity index (χ1v) is 16.2. The smallest absolute Gasteiger partial charge is 0.243 e. The molecule has 0 aliphatic heterocycles. The summed E-state index contributed by atoms with van der Waals surface area (Å²) in [4.78, 5) is 29.0. The Balaban J connectivity index is 1.86. The maximum Gasteiger partial charge on any atom is 0.243 e. The van der Waals surface area contributed by atoms with E-state index >= 15 is 0 Å². The minimum atomic E-state index is -3.56. The number of benzene rings is 3. The molecule has 0 aliphatic rings. The van der Waals surface area contributed by atoms with Crippen molar-refractivity contribution >= 4 is 39.1 Å². The van der Waals surface area contributed by atoms with Crippen LogP contribution in [0.25, 0.3) is 0 Å². The second-order valence-corrected chi connectivity index (χ2v) is 12.6. The van der Waals surface area contributed by atoms with Crippen LogP contribution in [0.15, 0.2) is 78.9 Å². The van der Waals surface area contributed by atoms with Gasteiger partial charge in [-0.25, -0.2) is 8.42 Å². The number of nitrogens with one attached hydrogen (secondary N) is 1. The molecular weight excluding hydrogens is 558 g/mol. The molecule has 0 bridgehead atoms. The highest BCUT2D eigenvalue weighted by molar-refractivity contribution is 7.92. The van der Waals surface area contributed by atoms with Crippen LogP contribution in [0, 0.1) is 6.92 Å². The van der Waals surface area contributed by atoms with Crippen molar-refractivity contribution in [1.29, 1.82) is 0 Å². The molecule has 0 saturated heterocycles. The van der Waals surface area contributed by atoms with Crippen LogP contribution >= 0.6 is 11.6 Å². The van der Waals surface area contributed by atoms with Gasteiger partial charge in [0.15, 0.2) is 0 Å². The zero-order chi connectivity index (χ0) is 29.8. The van der Waals surface area contributed by atoms with E-state index in [2.05, 4.69) is 12.2 Å². The van der Waals surface area contributed by atoms with Crippen molar-refractivity contribution in [2.24, 2.45) is 0 Å². The van der Waals surface area contributed by atoms with E-state index in [1.165, 1.54) is 10.6 Å². The molecule has 0 spiro atoms. The van der Waals surface area contributed by atoms with Crippen molar-refractivity contribution in [3.63, 3.8) is 0 Å². The predicted molar refractivity (Wildman–Crippen MR) is 166 cm³/mol. The Hall–Kier alpha value is -3.36. The van der Waals surface area contributed by atoms with Gasteiger partial charge in [0.2, 0.25) is 21.8 Å². The number of aryl methyl sites for hydroxylation is 1. The molecule has 0 unspecified atom stereocenters. The van der Waals surface area contributed by atoms with Gasteiger partial charge in [-0.2, -0.15) is 0 Å². The average molecular weight is 598 g/mol. The highest BCUT2D eigenvalue weighted by atomic mass is 35.5. The number of rotatable bonds is 15. The lowest BCUT2D eigenvalue weighted by Gasteiger charge is -2.32. The van der Waals surface area contributed by atoms with Crippen LogP contribution in [-0.2, 0) is 32.6 Å². The quantitative estimate of drug-likeness (QED) is 0.226. The third kappa shape index (κ3) is 10.2. The summed E-state index contributed by atoms with van der Waals surface area (Å²) < 4.78 is 26.6. The Labute approximate surface area is 249 Å². The van der Waals surface area contributed by atoms with Gasteiger partial charge >= 0.3 is 0 Å². The van der Waals surface area contributed by atoms with E-state index in [9.17, 15) is 18.0 Å². The maximum absolute atomic E-state index is 13.9. The number of hydrogen-bond donors (Lipinski definition) is 1. The van der Waals surface area contributed by atoms with Gasteiger partial charge in [-0.1, -0.05) is 79.5 Å². The maximum atomic E-state index is 13.9. The Morgan fingerprint density at radius 2 is 1.63 bits per heavy atom. The van der Waals surface area contributed by atoms with E-state index in [1.807, 2.05) is 67.6 Å². The number of hydrogen-bond acceptors (Lipinski definition) is 4. The number of carbonyl (C=O) groups is 2. The van der Waals surface area contributed by atoms with Gasteiger partial charge in [0.1, 0.15) is 6.04 Å². The fourth-order valence-electron chi connectivity index (χ4n) is 4.63. The zero-order valence-electron chi connectivity index (χ0n) is 24.1. The van der Waals surface area contributed by atoms with E-state index in [-0.39, 0.29) is 31.3 Å². The van der Waals surface area contributed by atoms with Crippen LogP contribution < -0.4 is 9.62 Å². The lowest BCUT2D eigenvalue weighted by molar-refractivity contribution is -0.141. The van der Waals surface area contributed by atoms with Gasteiger partial charge in [0.05, 0.1) is 11.9 Å². The topological polar surface area (TPSA) is 86.8 Å². The van der Waals surface area contributed by atoms with Crippen LogP contribution in [0.1, 0.15) is 49.3 Å². The zero-order valence-corrected chi connectivity index (χ0v) is 25.6. The number of anilines is 1. The number of carbonyl (C=O) groups excluding carboxylic acids is 2. The van der Waals surface area contributed by atoms with Crippen molar-refractivity contribution in [2.45, 2.75) is 58.5 Å². The van der Waals surface area contributed by atoms with Crippen molar-refractivity contribution in [1.82, 2.24) is 10.2 Å². The summed E-state index contributed by atoms with van der Waals surface area (Å²) in [6, 6.07) is 23.4. The molecule has 9 heteroatoms. The third-order valence-corrected chi connectivity index (χ3v) is 8.25. The SMILES string of the molecule is CCCCNC(=O)[C@H](Cc1ccccc1)N(Cc1ccc(Cl)cc1)C(=O)CCCN(c1cccc(C)c1)S(C)(=O)=O. The van der Waals surface area contributed by atoms with Crippen LogP contribution in [-0.4, -0.2) is 50.5 Å². The molecular formula is C32H40ClN3O4S. The van der Waals surface area contributed by atoms with E-state index in [1.54, 1.807) is 23.1 Å². The fourth-order valence-corrected chi connectivity index (χ4v) is 5.72. The first-order valence-electron chi connectivity index (χ1n) is 14.0. The highest BCUT2D eigenvalue weighted by Crippen LogP contribution is 2.21. The molecule has 3 aromatic rings. The van der Waals surface area contributed by atoms with E-state index in [0.29, 0.717) is 30.1 Å². The van der Waals surface area contributed by atoms with E-state index < -0.39 is 16.1 Å². The van der Waals surface area contributed by atoms with Crippen LogP contribution in [0.2, 0.25) is 5.02 Å². The second kappa shape index (κ2) is 15.6. The molecule has 7 nitrogen and oxygen atoms in total. The summed E-state index contributed by atoms with van der Waals surface area (Å²) in [7, 11) is -3.56. The first-order chi connectivity index (χ1) is 19.6. The molecule has 0 aliphatic carbocycles. The molecule has 3 rings (SSSR count). The number of sulfonamides is 1. The van der Waals surface area contributed by atoms with Gasteiger partial charge in [-0.3, -0.25) is 13.9 Å². The summed E-state index contributed by atoms with van der Waals surface area (Å²) in [5, 5.41) is 3.60. The molecule has 220 valence electrons. The van der Waals surface area contributed by atoms with E-state index in [0.717, 1.165) is 29.5 Å². The Kier molecular flexibility index (Phi) is 12.2. The Morgan fingerprint density at radius 3 is 2.27 bits per heavy atom. The molecule has 41 heavy (non-hydrogen) atoms. The minimum Gasteiger partial charge on any atom is -0.354 e. The number of amides is 2. The number of unbranched alkanes of at least 4 members (excludes halogenated alkanes) is 1. The van der Waals surface area contributed by atoms with Crippen molar-refractivity contribution in [2.75, 3.05) is 23.7 Å². The van der Waals surface area contributed by atoms with Gasteiger partial charge in [-0.05, 0) is 60.7 Å². The summed E-state index contributed by atoms with van der Waals surface area (Å²) in [6.45, 7) is 4.86. The van der Waals surface area contributed by atoms with Gasteiger partial charge in [-0.15, -0.1) is 0 Å². The van der Waals surface area contributed by atoms with Gasteiger partial charge in [0.25, 0.3) is 0 Å². The summed E-state index contributed by atoms with van der Waals surface area (Å²) in [6.07, 6.45) is 3.69. The van der Waals surface area contributed by atoms with Crippen molar-refractivity contribution in [3.05, 3.63) is 101 Å². The van der Waals surface area contributed by atoms with Gasteiger partial charge < -0.3 is 10.2 Å². The normalized spacial score (nSPS) is 12.0. The molecule has 0 fully saturated rings. The van der Waals surface area contributed by atoms with Crippen LogP contribution in [0.4, 0.5) is 5.69 Å². The lowest BCUT2D eigenvalue weighted by atomic mass is 10.0. The lowest BCUT2D eigenvalue weighted by Crippen LogP contribution is -2.50. The standard InChI is InChI=1S/C32H40ClN3O4S/c1-4-5-20-34-32(38)30(23-26-12-7-6-8-13-26)35(24-27-16-18-28(33)19-17-27)31(37)15-10-21-36(41(3,39)40)29-14-9-11-25(2)22-29/h6-9,11-14,16-19,22,30H,4-5,10,15,20-21,23-24H2,1-3H3,(H,34,38)/t30-/m0/s1. The minimum absolute atomic E-state index is 0.0823. The van der Waals surface area contributed by atoms with Crippen LogP contribution in [0.5, 0.6) is 0 Å². The van der Waals surface area contributed by atoms with E-state index in [4.69, 9.17) is 11.6 Å². The van der Waals surface area contributed by atoms with Gasteiger partial charge in [0, 0.05) is 37.5 Å². The molecule has 0 aromatic heterocycles.